The highest BCUT2D eigenvalue weighted by atomic mass is 28.3. The molecule has 0 saturated carbocycles. The summed E-state index contributed by atoms with van der Waals surface area (Å²) in [7, 11) is 0.124. The van der Waals surface area contributed by atoms with Gasteiger partial charge < -0.3 is 10.1 Å². The van der Waals surface area contributed by atoms with E-state index in [1.807, 2.05) is 0 Å². The summed E-state index contributed by atoms with van der Waals surface area (Å²) in [6, 6.07) is 15.0. The Labute approximate surface area is 109 Å². The number of fused-ring (bicyclic) bond motifs is 2. The van der Waals surface area contributed by atoms with Crippen molar-refractivity contribution in [3.8, 4) is 5.75 Å². The van der Waals surface area contributed by atoms with E-state index < -0.39 is 8.07 Å². The van der Waals surface area contributed by atoms with Gasteiger partial charge in [0.25, 0.3) is 0 Å². The number of benzene rings is 2. The van der Waals surface area contributed by atoms with E-state index >= 15 is 0 Å². The Kier molecular flexibility index (Phi) is 2.45. The number of hydrogen-bond donors (Lipinski definition) is 1. The fourth-order valence-electron chi connectivity index (χ4n) is 2.73. The fourth-order valence-corrected chi connectivity index (χ4v) is 5.66. The molecule has 0 aliphatic carbocycles. The summed E-state index contributed by atoms with van der Waals surface area (Å²) >= 11 is 0. The monoisotopic (exact) mass is 255 g/mol. The van der Waals surface area contributed by atoms with Crippen molar-refractivity contribution >= 4 is 29.8 Å². The zero-order valence-electron chi connectivity index (χ0n) is 10.9. The molecule has 0 radical (unpaired) electrons. The predicted molar refractivity (Wildman–Crippen MR) is 79.5 cm³/mol. The molecule has 0 fully saturated rings. The molecule has 1 aliphatic heterocycles. The van der Waals surface area contributed by atoms with Crippen LogP contribution in [0.25, 0.3) is 0 Å². The molecule has 2 aromatic rings. The van der Waals surface area contributed by atoms with E-state index in [2.05, 4.69) is 60.9 Å². The van der Waals surface area contributed by atoms with Crippen LogP contribution in [0.1, 0.15) is 0 Å². The summed E-state index contributed by atoms with van der Waals surface area (Å²) in [5.74, 6) is 0.908. The normalized spacial score (nSPS) is 15.3. The van der Waals surface area contributed by atoms with Gasteiger partial charge in [-0.3, -0.25) is 0 Å². The number of methoxy groups -OCH3 is 1. The second kappa shape index (κ2) is 3.88. The lowest BCUT2D eigenvalue weighted by Gasteiger charge is -2.34. The largest absolute Gasteiger partial charge is 0.497 e. The molecule has 1 heterocycles. The summed E-state index contributed by atoms with van der Waals surface area (Å²) in [5.41, 5.74) is 2.44. The highest BCUT2D eigenvalue weighted by Crippen LogP contribution is 2.27. The van der Waals surface area contributed by atoms with E-state index in [0.717, 1.165) is 5.75 Å². The third-order valence-corrected chi connectivity index (χ3v) is 7.34. The van der Waals surface area contributed by atoms with Crippen molar-refractivity contribution in [3.63, 3.8) is 0 Å². The quantitative estimate of drug-likeness (QED) is 0.791. The SMILES string of the molecule is COc1ccc2c(c1)Nc1ccccc1[Si]2(C)C. The molecule has 92 valence electrons. The lowest BCUT2D eigenvalue weighted by Crippen LogP contribution is -2.56. The smallest absolute Gasteiger partial charge is 0.120 e. The maximum atomic E-state index is 5.31. The Balaban J connectivity index is 2.21. The molecule has 2 nitrogen and oxygen atoms in total. The first-order chi connectivity index (χ1) is 8.63. The molecule has 0 saturated heterocycles. The van der Waals surface area contributed by atoms with Crippen LogP contribution in [0.15, 0.2) is 42.5 Å². The molecule has 1 aliphatic rings. The third-order valence-electron chi connectivity index (χ3n) is 3.77. The van der Waals surface area contributed by atoms with Gasteiger partial charge in [0.2, 0.25) is 0 Å². The molecule has 0 unspecified atom stereocenters. The minimum Gasteiger partial charge on any atom is -0.497 e. The van der Waals surface area contributed by atoms with Gasteiger partial charge in [0.05, 0.1) is 7.11 Å². The van der Waals surface area contributed by atoms with Crippen LogP contribution in [0, 0.1) is 0 Å². The fraction of sp³-hybridized carbons (Fsp3) is 0.200. The molecular weight excluding hydrogens is 238 g/mol. The first-order valence-corrected chi connectivity index (χ1v) is 9.18. The molecule has 1 N–H and O–H groups in total. The van der Waals surface area contributed by atoms with Crippen LogP contribution in [-0.2, 0) is 0 Å². The zero-order valence-corrected chi connectivity index (χ0v) is 11.9. The van der Waals surface area contributed by atoms with Crippen molar-refractivity contribution < 1.29 is 4.74 Å². The molecule has 18 heavy (non-hydrogen) atoms. The minimum atomic E-state index is -1.59. The third kappa shape index (κ3) is 1.55. The molecule has 0 amide bonds. The van der Waals surface area contributed by atoms with E-state index in [4.69, 9.17) is 4.74 Å². The van der Waals surface area contributed by atoms with Gasteiger partial charge in [-0.05, 0) is 22.5 Å². The minimum absolute atomic E-state index is 0.908. The highest BCUT2D eigenvalue weighted by molar-refractivity contribution is 7.02. The van der Waals surface area contributed by atoms with Gasteiger partial charge in [-0.25, -0.2) is 0 Å². The van der Waals surface area contributed by atoms with Gasteiger partial charge in [-0.2, -0.15) is 0 Å². The van der Waals surface area contributed by atoms with Crippen LogP contribution in [0.5, 0.6) is 5.75 Å². The van der Waals surface area contributed by atoms with E-state index in [-0.39, 0.29) is 0 Å². The Morgan fingerprint density at radius 2 is 1.67 bits per heavy atom. The van der Waals surface area contributed by atoms with Crippen LogP contribution < -0.4 is 20.4 Å². The number of ether oxygens (including phenoxy) is 1. The number of nitrogens with one attached hydrogen (secondary N) is 1. The molecule has 0 atom stereocenters. The summed E-state index contributed by atoms with van der Waals surface area (Å²) in [6.45, 7) is 4.80. The molecule has 0 bridgehead atoms. The maximum Gasteiger partial charge on any atom is 0.120 e. The molecular formula is C15H17NOSi. The van der Waals surface area contributed by atoms with Crippen LogP contribution in [0.2, 0.25) is 13.1 Å². The summed E-state index contributed by atoms with van der Waals surface area (Å²) < 4.78 is 5.31. The lowest BCUT2D eigenvalue weighted by molar-refractivity contribution is 0.415. The predicted octanol–water partition coefficient (Wildman–Crippen LogP) is 2.57. The summed E-state index contributed by atoms with van der Waals surface area (Å²) in [6.07, 6.45) is 0. The molecule has 3 rings (SSSR count). The van der Waals surface area contributed by atoms with Crippen LogP contribution in [-0.4, -0.2) is 15.2 Å². The Morgan fingerprint density at radius 3 is 2.44 bits per heavy atom. The second-order valence-corrected chi connectivity index (χ2v) is 9.53. The van der Waals surface area contributed by atoms with E-state index in [1.165, 1.54) is 21.7 Å². The zero-order chi connectivity index (χ0) is 12.8. The average molecular weight is 255 g/mol. The second-order valence-electron chi connectivity index (χ2n) is 5.21. The maximum absolute atomic E-state index is 5.31. The van der Waals surface area contributed by atoms with Gasteiger partial charge in [-0.15, -0.1) is 0 Å². The summed E-state index contributed by atoms with van der Waals surface area (Å²) in [4.78, 5) is 0. The van der Waals surface area contributed by atoms with Crippen LogP contribution in [0.4, 0.5) is 11.4 Å². The van der Waals surface area contributed by atoms with Crippen molar-refractivity contribution in [1.82, 2.24) is 0 Å². The van der Waals surface area contributed by atoms with Gasteiger partial charge in [0.1, 0.15) is 13.8 Å². The van der Waals surface area contributed by atoms with Gasteiger partial charge >= 0.3 is 0 Å². The number of hydrogen-bond acceptors (Lipinski definition) is 2. The van der Waals surface area contributed by atoms with E-state index in [1.54, 1.807) is 7.11 Å². The van der Waals surface area contributed by atoms with Crippen molar-refractivity contribution in [2.75, 3.05) is 12.4 Å². The lowest BCUT2D eigenvalue weighted by atomic mass is 10.2. The standard InChI is InChI=1S/C15H17NOSi/c1-17-11-8-9-15-13(10-11)16-12-6-4-5-7-14(12)18(15,2)3/h4-10,16H,1-3H3. The van der Waals surface area contributed by atoms with Gasteiger partial charge in [0.15, 0.2) is 0 Å². The number of anilines is 2. The Morgan fingerprint density at radius 1 is 0.944 bits per heavy atom. The van der Waals surface area contributed by atoms with Crippen molar-refractivity contribution in [3.05, 3.63) is 42.5 Å². The van der Waals surface area contributed by atoms with Gasteiger partial charge in [0, 0.05) is 17.4 Å². The van der Waals surface area contributed by atoms with Crippen molar-refractivity contribution in [2.45, 2.75) is 13.1 Å². The van der Waals surface area contributed by atoms with Crippen molar-refractivity contribution in [2.24, 2.45) is 0 Å². The Bertz CT molecular complexity index is 607. The van der Waals surface area contributed by atoms with E-state index in [9.17, 15) is 0 Å². The number of rotatable bonds is 1. The van der Waals surface area contributed by atoms with Crippen LogP contribution >= 0.6 is 0 Å². The van der Waals surface area contributed by atoms with E-state index in [0.29, 0.717) is 0 Å². The molecule has 3 heteroatoms. The topological polar surface area (TPSA) is 21.3 Å². The summed E-state index contributed by atoms with van der Waals surface area (Å²) in [5, 5.41) is 6.45. The Hall–Kier alpha value is -1.74. The molecule has 0 spiro atoms. The first-order valence-electron chi connectivity index (χ1n) is 6.18. The average Bonchev–Trinajstić information content (AvgIpc) is 2.38. The molecule has 2 aromatic carbocycles. The first kappa shape index (κ1) is 11.4. The van der Waals surface area contributed by atoms with Gasteiger partial charge in [-0.1, -0.05) is 37.4 Å². The number of para-hydroxylation sites is 1. The highest BCUT2D eigenvalue weighted by Gasteiger charge is 2.34. The van der Waals surface area contributed by atoms with Crippen LogP contribution in [0.3, 0.4) is 0 Å². The van der Waals surface area contributed by atoms with Crippen molar-refractivity contribution in [1.29, 1.82) is 0 Å². The molecule has 0 aromatic heterocycles.